The minimum absolute atomic E-state index is 0.192. The largest absolute Gasteiger partial charge is 0.330 e. The van der Waals surface area contributed by atoms with E-state index < -0.39 is 0 Å². The Kier molecular flexibility index (Phi) is 3.33. The fourth-order valence-electron chi connectivity index (χ4n) is 2.31. The van der Waals surface area contributed by atoms with Crippen LogP contribution in [0.2, 0.25) is 0 Å². The van der Waals surface area contributed by atoms with Crippen molar-refractivity contribution in [2.75, 3.05) is 0 Å². The highest BCUT2D eigenvalue weighted by Crippen LogP contribution is 2.25. The SMILES string of the molecule is CC(c1ccc(-c2ccccc2F)cc1)n1ccnc1. The van der Waals surface area contributed by atoms with Gasteiger partial charge in [-0.15, -0.1) is 0 Å². The Balaban J connectivity index is 1.90. The molecule has 0 N–H and O–H groups in total. The average molecular weight is 266 g/mol. The molecule has 1 unspecified atom stereocenters. The van der Waals surface area contributed by atoms with Crippen LogP contribution in [0.5, 0.6) is 0 Å². The monoisotopic (exact) mass is 266 g/mol. The molecule has 0 aliphatic rings. The normalized spacial score (nSPS) is 12.3. The van der Waals surface area contributed by atoms with Crippen LogP contribution in [0.4, 0.5) is 4.39 Å². The van der Waals surface area contributed by atoms with Crippen LogP contribution in [0.3, 0.4) is 0 Å². The van der Waals surface area contributed by atoms with Crippen LogP contribution < -0.4 is 0 Å². The number of hydrogen-bond donors (Lipinski definition) is 0. The first-order valence-corrected chi connectivity index (χ1v) is 6.58. The van der Waals surface area contributed by atoms with E-state index in [9.17, 15) is 4.39 Å². The van der Waals surface area contributed by atoms with Crippen LogP contribution in [-0.4, -0.2) is 9.55 Å². The zero-order valence-corrected chi connectivity index (χ0v) is 11.2. The van der Waals surface area contributed by atoms with Crippen molar-refractivity contribution in [3.8, 4) is 11.1 Å². The quantitative estimate of drug-likeness (QED) is 0.691. The van der Waals surface area contributed by atoms with Gasteiger partial charge in [0.05, 0.1) is 12.4 Å². The second kappa shape index (κ2) is 5.29. The van der Waals surface area contributed by atoms with E-state index in [0.717, 1.165) is 5.56 Å². The molecule has 0 amide bonds. The van der Waals surface area contributed by atoms with E-state index in [0.29, 0.717) is 5.56 Å². The Hall–Kier alpha value is -2.42. The van der Waals surface area contributed by atoms with E-state index in [1.165, 1.54) is 11.6 Å². The molecule has 2 nitrogen and oxygen atoms in total. The Bertz CT molecular complexity index is 687. The second-order valence-corrected chi connectivity index (χ2v) is 4.79. The Morgan fingerprint density at radius 2 is 1.80 bits per heavy atom. The third-order valence-corrected chi connectivity index (χ3v) is 3.55. The van der Waals surface area contributed by atoms with Crippen molar-refractivity contribution >= 4 is 0 Å². The molecule has 1 heterocycles. The molecular formula is C17H15FN2. The summed E-state index contributed by atoms with van der Waals surface area (Å²) in [6.45, 7) is 2.11. The zero-order chi connectivity index (χ0) is 13.9. The summed E-state index contributed by atoms with van der Waals surface area (Å²) in [4.78, 5) is 4.06. The van der Waals surface area contributed by atoms with Gasteiger partial charge in [-0.1, -0.05) is 42.5 Å². The minimum atomic E-state index is -0.192. The van der Waals surface area contributed by atoms with E-state index in [2.05, 4.69) is 11.9 Å². The average Bonchev–Trinajstić information content (AvgIpc) is 3.01. The van der Waals surface area contributed by atoms with Gasteiger partial charge in [0.1, 0.15) is 5.82 Å². The lowest BCUT2D eigenvalue weighted by Gasteiger charge is -2.14. The summed E-state index contributed by atoms with van der Waals surface area (Å²) in [5.74, 6) is -0.192. The van der Waals surface area contributed by atoms with Gasteiger partial charge in [0.25, 0.3) is 0 Å². The summed E-state index contributed by atoms with van der Waals surface area (Å²) >= 11 is 0. The summed E-state index contributed by atoms with van der Waals surface area (Å²) in [5.41, 5.74) is 2.70. The van der Waals surface area contributed by atoms with Gasteiger partial charge in [0.15, 0.2) is 0 Å². The molecule has 0 spiro atoms. The smallest absolute Gasteiger partial charge is 0.131 e. The number of benzene rings is 2. The third-order valence-electron chi connectivity index (χ3n) is 3.55. The lowest BCUT2D eigenvalue weighted by Crippen LogP contribution is -2.03. The van der Waals surface area contributed by atoms with Gasteiger partial charge in [0, 0.05) is 18.0 Å². The van der Waals surface area contributed by atoms with E-state index in [1.807, 2.05) is 41.1 Å². The molecule has 20 heavy (non-hydrogen) atoms. The number of halogens is 1. The van der Waals surface area contributed by atoms with Crippen LogP contribution in [-0.2, 0) is 0 Å². The molecule has 0 bridgehead atoms. The molecule has 0 saturated heterocycles. The van der Waals surface area contributed by atoms with Crippen LogP contribution in [0.15, 0.2) is 67.3 Å². The molecule has 0 fully saturated rings. The lowest BCUT2D eigenvalue weighted by molar-refractivity contribution is 0.631. The summed E-state index contributed by atoms with van der Waals surface area (Å²) in [7, 11) is 0. The lowest BCUT2D eigenvalue weighted by atomic mass is 10.0. The topological polar surface area (TPSA) is 17.8 Å². The predicted octanol–water partition coefficient (Wildman–Crippen LogP) is 4.30. The van der Waals surface area contributed by atoms with Crippen LogP contribution >= 0.6 is 0 Å². The molecule has 3 aromatic rings. The first-order valence-electron chi connectivity index (χ1n) is 6.58. The van der Waals surface area contributed by atoms with Crippen molar-refractivity contribution in [3.05, 3.63) is 78.6 Å². The summed E-state index contributed by atoms with van der Waals surface area (Å²) in [6.07, 6.45) is 5.51. The number of hydrogen-bond acceptors (Lipinski definition) is 1. The van der Waals surface area contributed by atoms with E-state index >= 15 is 0 Å². The van der Waals surface area contributed by atoms with E-state index in [1.54, 1.807) is 24.7 Å². The van der Waals surface area contributed by atoms with Crippen LogP contribution in [0.25, 0.3) is 11.1 Å². The van der Waals surface area contributed by atoms with Crippen molar-refractivity contribution in [2.24, 2.45) is 0 Å². The minimum Gasteiger partial charge on any atom is -0.330 e. The highest BCUT2D eigenvalue weighted by Gasteiger charge is 2.08. The van der Waals surface area contributed by atoms with Gasteiger partial charge in [-0.05, 0) is 24.1 Å². The summed E-state index contributed by atoms with van der Waals surface area (Å²) in [6, 6.07) is 15.0. The Labute approximate surface area is 117 Å². The number of aromatic nitrogens is 2. The molecule has 3 heteroatoms. The van der Waals surface area contributed by atoms with Gasteiger partial charge in [0.2, 0.25) is 0 Å². The van der Waals surface area contributed by atoms with Gasteiger partial charge < -0.3 is 4.57 Å². The van der Waals surface area contributed by atoms with Crippen molar-refractivity contribution < 1.29 is 4.39 Å². The van der Waals surface area contributed by atoms with Crippen molar-refractivity contribution in [1.29, 1.82) is 0 Å². The molecule has 0 aliphatic heterocycles. The number of nitrogens with zero attached hydrogens (tertiary/aromatic N) is 2. The van der Waals surface area contributed by atoms with Crippen molar-refractivity contribution in [1.82, 2.24) is 9.55 Å². The van der Waals surface area contributed by atoms with Crippen molar-refractivity contribution in [3.63, 3.8) is 0 Å². The Morgan fingerprint density at radius 3 is 2.45 bits per heavy atom. The maximum Gasteiger partial charge on any atom is 0.131 e. The first-order chi connectivity index (χ1) is 9.75. The molecule has 1 aromatic heterocycles. The summed E-state index contributed by atoms with van der Waals surface area (Å²) in [5, 5.41) is 0. The Morgan fingerprint density at radius 1 is 1.05 bits per heavy atom. The van der Waals surface area contributed by atoms with E-state index in [-0.39, 0.29) is 11.9 Å². The summed E-state index contributed by atoms with van der Waals surface area (Å²) < 4.78 is 15.8. The molecule has 1 atom stereocenters. The standard InChI is InChI=1S/C17H15FN2/c1-13(20-11-10-19-12-20)14-6-8-15(9-7-14)16-4-2-3-5-17(16)18/h2-13H,1H3. The second-order valence-electron chi connectivity index (χ2n) is 4.79. The van der Waals surface area contributed by atoms with Crippen molar-refractivity contribution in [2.45, 2.75) is 13.0 Å². The molecule has 2 aromatic carbocycles. The maximum atomic E-state index is 13.7. The third kappa shape index (κ3) is 2.35. The zero-order valence-electron chi connectivity index (χ0n) is 11.2. The van der Waals surface area contributed by atoms with Gasteiger partial charge in [-0.3, -0.25) is 0 Å². The highest BCUT2D eigenvalue weighted by molar-refractivity contribution is 5.64. The highest BCUT2D eigenvalue weighted by atomic mass is 19.1. The molecular weight excluding hydrogens is 251 g/mol. The van der Waals surface area contributed by atoms with Gasteiger partial charge >= 0.3 is 0 Å². The van der Waals surface area contributed by atoms with Crippen LogP contribution in [0.1, 0.15) is 18.5 Å². The first kappa shape index (κ1) is 12.6. The molecule has 3 rings (SSSR count). The number of imidazole rings is 1. The fraction of sp³-hybridized carbons (Fsp3) is 0.118. The van der Waals surface area contributed by atoms with E-state index in [4.69, 9.17) is 0 Å². The molecule has 0 aliphatic carbocycles. The fourth-order valence-corrected chi connectivity index (χ4v) is 2.31. The predicted molar refractivity (Wildman–Crippen MR) is 77.9 cm³/mol. The maximum absolute atomic E-state index is 13.7. The van der Waals surface area contributed by atoms with Gasteiger partial charge in [-0.25, -0.2) is 9.37 Å². The molecule has 0 radical (unpaired) electrons. The van der Waals surface area contributed by atoms with Gasteiger partial charge in [-0.2, -0.15) is 0 Å². The molecule has 100 valence electrons. The molecule has 0 saturated carbocycles. The van der Waals surface area contributed by atoms with Crippen LogP contribution in [0, 0.1) is 5.82 Å². The number of rotatable bonds is 3.